The van der Waals surface area contributed by atoms with Gasteiger partial charge in [0.25, 0.3) is 0 Å². The summed E-state index contributed by atoms with van der Waals surface area (Å²) in [6, 6.07) is 5.74. The Labute approximate surface area is 117 Å². The van der Waals surface area contributed by atoms with E-state index in [1.807, 2.05) is 13.8 Å². The third-order valence-electron chi connectivity index (χ3n) is 3.74. The molecule has 1 saturated carbocycles. The van der Waals surface area contributed by atoms with Crippen LogP contribution in [-0.2, 0) is 16.1 Å². The molecule has 1 aromatic rings. The van der Waals surface area contributed by atoms with Gasteiger partial charge in [-0.25, -0.2) is 4.39 Å². The van der Waals surface area contributed by atoms with Gasteiger partial charge >= 0.3 is 5.97 Å². The van der Waals surface area contributed by atoms with Crippen molar-refractivity contribution >= 4 is 11.9 Å². The molecule has 0 heterocycles. The maximum atomic E-state index is 12.9. The first-order chi connectivity index (χ1) is 9.29. The maximum Gasteiger partial charge on any atom is 0.323 e. The minimum absolute atomic E-state index is 0.0450. The van der Waals surface area contributed by atoms with E-state index < -0.39 is 5.97 Å². The number of aliphatic carboxylic acids is 1. The SMILES string of the molecule is CC1(C)CC1C(=O)N(CC(=O)O)Cc1ccc(F)cc1. The van der Waals surface area contributed by atoms with Gasteiger partial charge in [0, 0.05) is 12.5 Å². The van der Waals surface area contributed by atoms with Crippen molar-refractivity contribution < 1.29 is 19.1 Å². The lowest BCUT2D eigenvalue weighted by Gasteiger charge is -2.21. The summed E-state index contributed by atoms with van der Waals surface area (Å²) in [6.45, 7) is 3.85. The Morgan fingerprint density at radius 2 is 1.90 bits per heavy atom. The molecule has 0 aliphatic heterocycles. The first kappa shape index (κ1) is 14.5. The number of halogens is 1. The molecule has 1 aliphatic carbocycles. The molecule has 5 heteroatoms. The largest absolute Gasteiger partial charge is 0.480 e. The first-order valence-corrected chi connectivity index (χ1v) is 6.54. The molecular weight excluding hydrogens is 261 g/mol. The molecule has 4 nitrogen and oxygen atoms in total. The summed E-state index contributed by atoms with van der Waals surface area (Å²) in [5.74, 6) is -1.64. The van der Waals surface area contributed by atoms with Gasteiger partial charge in [-0.05, 0) is 29.5 Å². The monoisotopic (exact) mass is 279 g/mol. The van der Waals surface area contributed by atoms with Crippen molar-refractivity contribution in [3.63, 3.8) is 0 Å². The summed E-state index contributed by atoms with van der Waals surface area (Å²) in [5.41, 5.74) is 0.677. The standard InChI is InChI=1S/C15H18FNO3/c1-15(2)7-12(15)14(20)17(9-13(18)19)8-10-3-5-11(16)6-4-10/h3-6,12H,7-9H2,1-2H3,(H,18,19). The molecule has 1 fully saturated rings. The topological polar surface area (TPSA) is 57.6 Å². The average molecular weight is 279 g/mol. The fourth-order valence-corrected chi connectivity index (χ4v) is 2.29. The molecule has 108 valence electrons. The lowest BCUT2D eigenvalue weighted by Crippen LogP contribution is -2.37. The minimum atomic E-state index is -1.04. The van der Waals surface area contributed by atoms with E-state index in [0.29, 0.717) is 0 Å². The Hall–Kier alpha value is -1.91. The van der Waals surface area contributed by atoms with Gasteiger partial charge in [0.2, 0.25) is 5.91 Å². The van der Waals surface area contributed by atoms with E-state index in [1.54, 1.807) is 12.1 Å². The third kappa shape index (κ3) is 3.35. The van der Waals surface area contributed by atoms with E-state index in [1.165, 1.54) is 17.0 Å². The molecule has 20 heavy (non-hydrogen) atoms. The van der Waals surface area contributed by atoms with E-state index in [0.717, 1.165) is 12.0 Å². The molecule has 0 radical (unpaired) electrons. The number of amides is 1. The molecule has 1 aliphatic rings. The Morgan fingerprint density at radius 1 is 1.35 bits per heavy atom. The summed E-state index contributed by atoms with van der Waals surface area (Å²) in [7, 11) is 0. The molecule has 1 aromatic carbocycles. The van der Waals surface area contributed by atoms with Crippen LogP contribution in [0.3, 0.4) is 0 Å². The second-order valence-electron chi connectivity index (χ2n) is 5.96. The smallest absolute Gasteiger partial charge is 0.323 e. The average Bonchev–Trinajstić information content (AvgIpc) is 2.99. The van der Waals surface area contributed by atoms with Crippen molar-refractivity contribution in [2.24, 2.45) is 11.3 Å². The van der Waals surface area contributed by atoms with Crippen LogP contribution < -0.4 is 0 Å². The van der Waals surface area contributed by atoms with E-state index in [9.17, 15) is 14.0 Å². The maximum absolute atomic E-state index is 12.9. The summed E-state index contributed by atoms with van der Waals surface area (Å²) >= 11 is 0. The van der Waals surface area contributed by atoms with Crippen LogP contribution in [0, 0.1) is 17.2 Å². The number of hydrogen-bond acceptors (Lipinski definition) is 2. The lowest BCUT2D eigenvalue weighted by molar-refractivity contribution is -0.145. The number of hydrogen-bond donors (Lipinski definition) is 1. The quantitative estimate of drug-likeness (QED) is 0.899. The predicted octanol–water partition coefficient (Wildman–Crippen LogP) is 2.29. The van der Waals surface area contributed by atoms with Crippen LogP contribution in [0.4, 0.5) is 4.39 Å². The highest BCUT2D eigenvalue weighted by molar-refractivity contribution is 5.85. The van der Waals surface area contributed by atoms with Crippen molar-refractivity contribution in [2.45, 2.75) is 26.8 Å². The molecule has 0 saturated heterocycles. The molecule has 0 bridgehead atoms. The molecule has 1 unspecified atom stereocenters. The van der Waals surface area contributed by atoms with Crippen LogP contribution in [0.1, 0.15) is 25.8 Å². The number of nitrogens with zero attached hydrogens (tertiary/aromatic N) is 1. The first-order valence-electron chi connectivity index (χ1n) is 6.54. The van der Waals surface area contributed by atoms with Gasteiger partial charge in [-0.1, -0.05) is 26.0 Å². The van der Waals surface area contributed by atoms with Gasteiger partial charge in [0.1, 0.15) is 12.4 Å². The van der Waals surface area contributed by atoms with Crippen LogP contribution in [0.2, 0.25) is 0 Å². The van der Waals surface area contributed by atoms with Gasteiger partial charge in [-0.3, -0.25) is 9.59 Å². The molecule has 1 atom stereocenters. The number of rotatable bonds is 5. The number of carbonyl (C=O) groups is 2. The molecular formula is C15H18FNO3. The summed E-state index contributed by atoms with van der Waals surface area (Å²) in [5, 5.41) is 8.93. The van der Waals surface area contributed by atoms with Gasteiger partial charge in [-0.15, -0.1) is 0 Å². The zero-order valence-corrected chi connectivity index (χ0v) is 11.6. The van der Waals surface area contributed by atoms with Crippen LogP contribution in [-0.4, -0.2) is 28.4 Å². The van der Waals surface area contributed by atoms with Gasteiger partial charge in [0.05, 0.1) is 0 Å². The van der Waals surface area contributed by atoms with Gasteiger partial charge in [-0.2, -0.15) is 0 Å². The fourth-order valence-electron chi connectivity index (χ4n) is 2.29. The lowest BCUT2D eigenvalue weighted by atomic mass is 10.1. The van der Waals surface area contributed by atoms with E-state index >= 15 is 0 Å². The van der Waals surface area contributed by atoms with Crippen molar-refractivity contribution in [1.29, 1.82) is 0 Å². The van der Waals surface area contributed by atoms with E-state index in [2.05, 4.69) is 0 Å². The molecule has 0 spiro atoms. The molecule has 0 aromatic heterocycles. The number of benzene rings is 1. The van der Waals surface area contributed by atoms with Crippen molar-refractivity contribution in [2.75, 3.05) is 6.54 Å². The van der Waals surface area contributed by atoms with Gasteiger partial charge < -0.3 is 10.0 Å². The highest BCUT2D eigenvalue weighted by Gasteiger charge is 2.52. The van der Waals surface area contributed by atoms with Crippen molar-refractivity contribution in [3.8, 4) is 0 Å². The van der Waals surface area contributed by atoms with Crippen molar-refractivity contribution in [3.05, 3.63) is 35.6 Å². The molecule has 2 rings (SSSR count). The number of carboxylic acid groups (broad SMARTS) is 1. The van der Waals surface area contributed by atoms with Crippen LogP contribution in [0.15, 0.2) is 24.3 Å². The Bertz CT molecular complexity index is 524. The summed E-state index contributed by atoms with van der Waals surface area (Å²) in [6.07, 6.45) is 0.783. The van der Waals surface area contributed by atoms with Gasteiger partial charge in [0.15, 0.2) is 0 Å². The predicted molar refractivity (Wildman–Crippen MR) is 71.3 cm³/mol. The fraction of sp³-hybridized carbons (Fsp3) is 0.467. The highest BCUT2D eigenvalue weighted by atomic mass is 19.1. The summed E-state index contributed by atoms with van der Waals surface area (Å²) in [4.78, 5) is 24.6. The zero-order chi connectivity index (χ0) is 14.9. The van der Waals surface area contributed by atoms with Crippen LogP contribution in [0.25, 0.3) is 0 Å². The second kappa shape index (κ2) is 5.23. The Kier molecular flexibility index (Phi) is 3.79. The Morgan fingerprint density at radius 3 is 2.35 bits per heavy atom. The highest BCUT2D eigenvalue weighted by Crippen LogP contribution is 2.52. The number of carboxylic acids is 1. The summed E-state index contributed by atoms with van der Waals surface area (Å²) < 4.78 is 12.9. The minimum Gasteiger partial charge on any atom is -0.480 e. The normalized spacial score (nSPS) is 19.4. The second-order valence-corrected chi connectivity index (χ2v) is 5.96. The molecule has 1 amide bonds. The number of carbonyl (C=O) groups excluding carboxylic acids is 1. The third-order valence-corrected chi connectivity index (χ3v) is 3.74. The Balaban J connectivity index is 2.09. The van der Waals surface area contributed by atoms with Crippen LogP contribution in [0.5, 0.6) is 0 Å². The van der Waals surface area contributed by atoms with E-state index in [4.69, 9.17) is 5.11 Å². The van der Waals surface area contributed by atoms with Crippen molar-refractivity contribution in [1.82, 2.24) is 4.90 Å². The van der Waals surface area contributed by atoms with E-state index in [-0.39, 0.29) is 36.1 Å². The van der Waals surface area contributed by atoms with Crippen LogP contribution >= 0.6 is 0 Å². The molecule has 1 N–H and O–H groups in total. The zero-order valence-electron chi connectivity index (χ0n) is 11.6.